The van der Waals surface area contributed by atoms with Crippen LogP contribution in [0.25, 0.3) is 10.9 Å². The van der Waals surface area contributed by atoms with Gasteiger partial charge in [-0.25, -0.2) is 0 Å². The van der Waals surface area contributed by atoms with Crippen LogP contribution < -0.4 is 10.1 Å². The van der Waals surface area contributed by atoms with Crippen molar-refractivity contribution in [2.45, 2.75) is 4.90 Å². The van der Waals surface area contributed by atoms with Crippen molar-refractivity contribution in [1.29, 1.82) is 0 Å². The first kappa shape index (κ1) is 18.2. The molecule has 0 aliphatic carbocycles. The van der Waals surface area contributed by atoms with Gasteiger partial charge < -0.3 is 10.1 Å². The number of ether oxygens (including phenoxy) is 1. The summed E-state index contributed by atoms with van der Waals surface area (Å²) in [5, 5.41) is 3.81. The Balaban J connectivity index is 1.78. The zero-order valence-electron chi connectivity index (χ0n) is 13.3. The molecule has 2 aromatic carbocycles. The Kier molecular flexibility index (Phi) is 5.98. The summed E-state index contributed by atoms with van der Waals surface area (Å²) < 4.78 is 7.41. The molecule has 3 aromatic rings. The molecule has 0 saturated heterocycles. The minimum absolute atomic E-state index is 0.103. The number of halogens is 2. The molecule has 1 N–H and O–H groups in total. The van der Waals surface area contributed by atoms with Crippen molar-refractivity contribution in [3.05, 3.63) is 57.6 Å². The van der Waals surface area contributed by atoms with E-state index in [-0.39, 0.29) is 12.5 Å². The molecule has 1 aromatic heterocycles. The smallest absolute Gasteiger partial charge is 0.262 e. The van der Waals surface area contributed by atoms with Gasteiger partial charge in [0.05, 0.1) is 10.2 Å². The molecule has 0 aliphatic rings. The van der Waals surface area contributed by atoms with Crippen LogP contribution in [0.15, 0.2) is 62.5 Å². The quantitative estimate of drug-likeness (QED) is 0.489. The summed E-state index contributed by atoms with van der Waals surface area (Å²) in [7, 11) is 0. The lowest BCUT2D eigenvalue weighted by Gasteiger charge is -2.13. The molecule has 1 heterocycles. The summed E-state index contributed by atoms with van der Waals surface area (Å²) in [6.07, 6.45) is 3.67. The third-order valence-electron chi connectivity index (χ3n) is 3.48. The van der Waals surface area contributed by atoms with E-state index in [1.807, 2.05) is 48.7 Å². The second-order valence-electron chi connectivity index (χ2n) is 5.11. The first-order valence-corrected chi connectivity index (χ1v) is 10.2. The van der Waals surface area contributed by atoms with Gasteiger partial charge in [0.2, 0.25) is 0 Å². The molecule has 0 fully saturated rings. The van der Waals surface area contributed by atoms with Crippen LogP contribution in [-0.2, 0) is 4.79 Å². The number of para-hydroxylation sites is 1. The van der Waals surface area contributed by atoms with Crippen LogP contribution in [0, 0.1) is 0 Å². The normalized spacial score (nSPS) is 10.7. The van der Waals surface area contributed by atoms with E-state index < -0.39 is 0 Å². The summed E-state index contributed by atoms with van der Waals surface area (Å²) in [6, 6.07) is 13.4. The van der Waals surface area contributed by atoms with Gasteiger partial charge in [0, 0.05) is 21.0 Å². The molecule has 25 heavy (non-hydrogen) atoms. The van der Waals surface area contributed by atoms with Crippen LogP contribution in [0.2, 0.25) is 0 Å². The van der Waals surface area contributed by atoms with Gasteiger partial charge in [0.15, 0.2) is 12.4 Å². The maximum absolute atomic E-state index is 12.3. The summed E-state index contributed by atoms with van der Waals surface area (Å²) >= 11 is 8.57. The molecule has 0 spiro atoms. The molecule has 0 unspecified atom stereocenters. The number of nitrogens with one attached hydrogen (secondary N) is 1. The van der Waals surface area contributed by atoms with Crippen LogP contribution in [0.5, 0.6) is 5.75 Å². The van der Waals surface area contributed by atoms with Crippen LogP contribution in [0.3, 0.4) is 0 Å². The fourth-order valence-corrected chi connectivity index (χ4v) is 4.30. The number of rotatable bonds is 5. The summed E-state index contributed by atoms with van der Waals surface area (Å²) in [4.78, 5) is 17.7. The lowest BCUT2D eigenvalue weighted by atomic mass is 10.2. The standard InChI is InChI=1S/C18H14Br2N2O2S/c1-25-15-7-3-2-6-14(15)22-16(23)10-24-18-13(20)9-12(19)11-5-4-8-21-17(11)18/h2-9H,10H2,1H3,(H,22,23). The number of carbonyl (C=O) groups is 1. The molecule has 0 aliphatic heterocycles. The summed E-state index contributed by atoms with van der Waals surface area (Å²) in [6.45, 7) is -0.103. The Morgan fingerprint density at radius 2 is 2.00 bits per heavy atom. The van der Waals surface area contributed by atoms with Crippen molar-refractivity contribution in [2.24, 2.45) is 0 Å². The topological polar surface area (TPSA) is 51.2 Å². The highest BCUT2D eigenvalue weighted by molar-refractivity contribution is 9.11. The lowest BCUT2D eigenvalue weighted by molar-refractivity contribution is -0.118. The number of amides is 1. The molecule has 1 amide bonds. The molecule has 128 valence electrons. The fourth-order valence-electron chi connectivity index (χ4n) is 2.36. The molecule has 3 rings (SSSR count). The average molecular weight is 482 g/mol. The Labute approximate surface area is 166 Å². The van der Waals surface area contributed by atoms with Gasteiger partial charge in [0.1, 0.15) is 5.52 Å². The van der Waals surface area contributed by atoms with Crippen molar-refractivity contribution in [1.82, 2.24) is 4.98 Å². The molecule has 0 saturated carbocycles. The van der Waals surface area contributed by atoms with E-state index in [4.69, 9.17) is 4.74 Å². The number of thioether (sulfide) groups is 1. The molecule has 0 radical (unpaired) electrons. The largest absolute Gasteiger partial charge is 0.480 e. The monoisotopic (exact) mass is 480 g/mol. The highest BCUT2D eigenvalue weighted by Gasteiger charge is 2.14. The van der Waals surface area contributed by atoms with Gasteiger partial charge in [-0.3, -0.25) is 9.78 Å². The zero-order valence-corrected chi connectivity index (χ0v) is 17.2. The van der Waals surface area contributed by atoms with E-state index in [2.05, 4.69) is 42.2 Å². The van der Waals surface area contributed by atoms with E-state index in [1.54, 1.807) is 18.0 Å². The molecule has 0 bridgehead atoms. The second-order valence-corrected chi connectivity index (χ2v) is 7.66. The number of carbonyl (C=O) groups excluding carboxylic acids is 1. The number of anilines is 1. The van der Waals surface area contributed by atoms with Crippen LogP contribution in [0.4, 0.5) is 5.69 Å². The number of pyridine rings is 1. The predicted octanol–water partition coefficient (Wildman–Crippen LogP) is 5.50. The average Bonchev–Trinajstić information content (AvgIpc) is 2.62. The van der Waals surface area contributed by atoms with Crippen LogP contribution >= 0.6 is 43.6 Å². The highest BCUT2D eigenvalue weighted by atomic mass is 79.9. The van der Waals surface area contributed by atoms with Gasteiger partial charge in [-0.15, -0.1) is 11.8 Å². The molecule has 0 atom stereocenters. The van der Waals surface area contributed by atoms with Crippen molar-refractivity contribution >= 4 is 66.1 Å². The number of nitrogens with zero attached hydrogens (tertiary/aromatic N) is 1. The fraction of sp³-hybridized carbons (Fsp3) is 0.111. The lowest BCUT2D eigenvalue weighted by Crippen LogP contribution is -2.20. The molecular weight excluding hydrogens is 468 g/mol. The Bertz CT molecular complexity index is 934. The van der Waals surface area contributed by atoms with Gasteiger partial charge in [-0.2, -0.15) is 0 Å². The Morgan fingerprint density at radius 1 is 1.20 bits per heavy atom. The van der Waals surface area contributed by atoms with Crippen molar-refractivity contribution < 1.29 is 9.53 Å². The highest BCUT2D eigenvalue weighted by Crippen LogP contribution is 2.37. The van der Waals surface area contributed by atoms with Crippen LogP contribution in [0.1, 0.15) is 0 Å². The van der Waals surface area contributed by atoms with Gasteiger partial charge in [-0.1, -0.05) is 34.1 Å². The van der Waals surface area contributed by atoms with Gasteiger partial charge in [0.25, 0.3) is 5.91 Å². The number of hydrogen-bond donors (Lipinski definition) is 1. The first-order chi connectivity index (χ1) is 12.1. The number of fused-ring (bicyclic) bond motifs is 1. The second kappa shape index (κ2) is 8.21. The summed E-state index contributed by atoms with van der Waals surface area (Å²) in [5.74, 6) is 0.326. The third-order valence-corrected chi connectivity index (χ3v) is 5.52. The van der Waals surface area contributed by atoms with Crippen molar-refractivity contribution in [3.8, 4) is 5.75 Å². The minimum atomic E-state index is -0.222. The SMILES string of the molecule is CSc1ccccc1NC(=O)COc1c(Br)cc(Br)c2cccnc12. The third kappa shape index (κ3) is 4.16. The van der Waals surface area contributed by atoms with E-state index in [0.29, 0.717) is 11.3 Å². The Hall–Kier alpha value is -1.57. The van der Waals surface area contributed by atoms with E-state index in [1.165, 1.54) is 0 Å². The van der Waals surface area contributed by atoms with Crippen molar-refractivity contribution in [3.63, 3.8) is 0 Å². The van der Waals surface area contributed by atoms with Gasteiger partial charge in [-0.05, 0) is 46.5 Å². The summed E-state index contributed by atoms with van der Waals surface area (Å²) in [5.41, 5.74) is 1.47. The zero-order chi connectivity index (χ0) is 17.8. The Morgan fingerprint density at radius 3 is 2.80 bits per heavy atom. The first-order valence-electron chi connectivity index (χ1n) is 7.38. The molecule has 4 nitrogen and oxygen atoms in total. The maximum Gasteiger partial charge on any atom is 0.262 e. The van der Waals surface area contributed by atoms with Gasteiger partial charge >= 0.3 is 0 Å². The minimum Gasteiger partial charge on any atom is -0.480 e. The number of hydrogen-bond acceptors (Lipinski definition) is 4. The van der Waals surface area contributed by atoms with E-state index in [0.717, 1.165) is 24.9 Å². The van der Waals surface area contributed by atoms with Crippen molar-refractivity contribution in [2.75, 3.05) is 18.2 Å². The maximum atomic E-state index is 12.3. The number of aromatic nitrogens is 1. The number of benzene rings is 2. The molecule has 7 heteroatoms. The van der Waals surface area contributed by atoms with Crippen LogP contribution in [-0.4, -0.2) is 23.8 Å². The van der Waals surface area contributed by atoms with E-state index >= 15 is 0 Å². The molecular formula is C18H14Br2N2O2S. The van der Waals surface area contributed by atoms with E-state index in [9.17, 15) is 4.79 Å². The predicted molar refractivity (Wildman–Crippen MR) is 109 cm³/mol.